The third-order valence-electron chi connectivity index (χ3n) is 1.07. The van der Waals surface area contributed by atoms with Gasteiger partial charge in [0.05, 0.1) is 12.4 Å². The highest BCUT2D eigenvalue weighted by molar-refractivity contribution is 6.36. The second-order valence-corrected chi connectivity index (χ2v) is 2.26. The normalized spacial score (nSPS) is 9.86. The molecule has 0 aromatic heterocycles. The fraction of sp³-hybridized carbons (Fsp3) is 0.500. The maximum absolute atomic E-state index is 10.4. The molecule has 6 nitrogen and oxygen atoms in total. The van der Waals surface area contributed by atoms with E-state index < -0.39 is 0 Å². The lowest BCUT2D eigenvalue weighted by Crippen LogP contribution is -2.07. The third-order valence-corrected chi connectivity index (χ3v) is 1.07. The van der Waals surface area contributed by atoms with E-state index in [0.717, 1.165) is 18.9 Å². The van der Waals surface area contributed by atoms with E-state index in [-0.39, 0.29) is 11.6 Å². The molecule has 14 heavy (non-hydrogen) atoms. The predicted molar refractivity (Wildman–Crippen MR) is 51.2 cm³/mol. The summed E-state index contributed by atoms with van der Waals surface area (Å²) in [6, 6.07) is 0. The van der Waals surface area contributed by atoms with Gasteiger partial charge in [-0.1, -0.05) is 17.2 Å². The summed E-state index contributed by atoms with van der Waals surface area (Å²) in [7, 11) is 0. The smallest absolute Gasteiger partial charge is 0.198 e. The number of oxime groups is 2. The average molecular weight is 202 g/mol. The lowest BCUT2D eigenvalue weighted by molar-refractivity contribution is -0.135. The zero-order valence-electron chi connectivity index (χ0n) is 8.17. The summed E-state index contributed by atoms with van der Waals surface area (Å²) in [6.45, 7) is 3.18. The Balaban J connectivity index is 0. The molecule has 0 unspecified atom stereocenters. The van der Waals surface area contributed by atoms with Crippen molar-refractivity contribution in [1.29, 1.82) is 0 Å². The highest BCUT2D eigenvalue weighted by Gasteiger charge is 2.03. The highest BCUT2D eigenvalue weighted by atomic mass is 16.4. The SMILES string of the molecule is CCCC(=O)C(C)=O.ON=CC=NO. The van der Waals surface area contributed by atoms with Gasteiger partial charge in [0.2, 0.25) is 0 Å². The fourth-order valence-corrected chi connectivity index (χ4v) is 0.463. The highest BCUT2D eigenvalue weighted by Crippen LogP contribution is 1.88. The molecule has 0 aromatic carbocycles. The number of nitrogens with zero attached hydrogens (tertiary/aromatic N) is 2. The standard InChI is InChI=1S/C6H10O2.C2H4N2O2/c1-3-4-6(8)5(2)7;5-3-1-2-4-6/h3-4H2,1-2H3;1-2,5-6H. The topological polar surface area (TPSA) is 99.3 Å². The van der Waals surface area contributed by atoms with Crippen molar-refractivity contribution >= 4 is 24.0 Å². The molecule has 2 N–H and O–H groups in total. The van der Waals surface area contributed by atoms with Gasteiger partial charge in [-0.25, -0.2) is 0 Å². The van der Waals surface area contributed by atoms with Crippen LogP contribution < -0.4 is 0 Å². The molecule has 0 rings (SSSR count). The fourth-order valence-electron chi connectivity index (χ4n) is 0.463. The van der Waals surface area contributed by atoms with Crippen molar-refractivity contribution in [3.8, 4) is 0 Å². The summed E-state index contributed by atoms with van der Waals surface area (Å²) >= 11 is 0. The van der Waals surface area contributed by atoms with Gasteiger partial charge in [0.25, 0.3) is 0 Å². The quantitative estimate of drug-likeness (QED) is 0.305. The van der Waals surface area contributed by atoms with Crippen LogP contribution in [0.2, 0.25) is 0 Å². The second-order valence-electron chi connectivity index (χ2n) is 2.26. The molecule has 0 atom stereocenters. The van der Waals surface area contributed by atoms with Crippen molar-refractivity contribution in [1.82, 2.24) is 0 Å². The molecule has 0 aliphatic carbocycles. The Morgan fingerprint density at radius 1 is 1.21 bits per heavy atom. The Hall–Kier alpha value is -1.72. The molecule has 6 heteroatoms. The Kier molecular flexibility index (Phi) is 11.9. The summed E-state index contributed by atoms with van der Waals surface area (Å²) in [5.74, 6) is -0.584. The van der Waals surface area contributed by atoms with Crippen molar-refractivity contribution in [2.45, 2.75) is 26.7 Å². The predicted octanol–water partition coefficient (Wildman–Crippen LogP) is 0.851. The van der Waals surface area contributed by atoms with E-state index in [1.165, 1.54) is 6.92 Å². The molecule has 0 saturated heterocycles. The van der Waals surface area contributed by atoms with Crippen LogP contribution in [0.4, 0.5) is 0 Å². The average Bonchev–Trinajstić information content (AvgIpc) is 2.16. The van der Waals surface area contributed by atoms with E-state index in [4.69, 9.17) is 10.4 Å². The molecule has 0 bridgehead atoms. The molecular weight excluding hydrogens is 188 g/mol. The Bertz CT molecular complexity index is 213. The molecular formula is C8H14N2O4. The van der Waals surface area contributed by atoms with Crippen molar-refractivity contribution in [2.75, 3.05) is 0 Å². The molecule has 0 radical (unpaired) electrons. The molecule has 0 amide bonds. The van der Waals surface area contributed by atoms with Crippen LogP contribution in [0, 0.1) is 0 Å². The van der Waals surface area contributed by atoms with E-state index in [0.29, 0.717) is 6.42 Å². The number of rotatable bonds is 4. The van der Waals surface area contributed by atoms with Gasteiger partial charge in [0, 0.05) is 13.3 Å². The number of carbonyl (C=O) groups excluding carboxylic acids is 2. The zero-order valence-corrected chi connectivity index (χ0v) is 8.17. The van der Waals surface area contributed by atoms with Crippen molar-refractivity contribution < 1.29 is 20.0 Å². The van der Waals surface area contributed by atoms with E-state index in [9.17, 15) is 9.59 Å². The van der Waals surface area contributed by atoms with Crippen molar-refractivity contribution in [2.24, 2.45) is 10.3 Å². The summed E-state index contributed by atoms with van der Waals surface area (Å²) in [6.07, 6.45) is 3.05. The first-order valence-corrected chi connectivity index (χ1v) is 3.97. The molecule has 0 heterocycles. The first kappa shape index (κ1) is 14.8. The first-order valence-electron chi connectivity index (χ1n) is 3.97. The summed E-state index contributed by atoms with van der Waals surface area (Å²) in [4.78, 5) is 20.6. The van der Waals surface area contributed by atoms with Gasteiger partial charge in [-0.15, -0.1) is 0 Å². The van der Waals surface area contributed by atoms with Gasteiger partial charge in [0.15, 0.2) is 11.6 Å². The van der Waals surface area contributed by atoms with Gasteiger partial charge in [0.1, 0.15) is 0 Å². The lowest BCUT2D eigenvalue weighted by atomic mass is 10.2. The minimum absolute atomic E-state index is 0.257. The number of carbonyl (C=O) groups is 2. The van der Waals surface area contributed by atoms with Gasteiger partial charge in [-0.2, -0.15) is 0 Å². The van der Waals surface area contributed by atoms with E-state index in [1.54, 1.807) is 0 Å². The maximum Gasteiger partial charge on any atom is 0.198 e. The number of Topliss-reactive ketones (excluding diaryl/α,β-unsaturated/α-hetero) is 2. The third kappa shape index (κ3) is 12.9. The molecule has 0 saturated carbocycles. The van der Waals surface area contributed by atoms with E-state index in [2.05, 4.69) is 10.3 Å². The number of hydrogen-bond donors (Lipinski definition) is 2. The van der Waals surface area contributed by atoms with Crippen LogP contribution in [0.1, 0.15) is 26.7 Å². The molecule has 0 aliphatic rings. The largest absolute Gasteiger partial charge is 0.411 e. The Labute approximate surface area is 81.9 Å². The van der Waals surface area contributed by atoms with Crippen molar-refractivity contribution in [3.05, 3.63) is 0 Å². The maximum atomic E-state index is 10.4. The molecule has 0 aliphatic heterocycles. The van der Waals surface area contributed by atoms with Crippen LogP contribution in [0.5, 0.6) is 0 Å². The summed E-state index contributed by atoms with van der Waals surface area (Å²) in [5.41, 5.74) is 0. The number of ketones is 2. The Morgan fingerprint density at radius 2 is 1.64 bits per heavy atom. The van der Waals surface area contributed by atoms with Gasteiger partial charge in [-0.3, -0.25) is 9.59 Å². The monoisotopic (exact) mass is 202 g/mol. The van der Waals surface area contributed by atoms with Crippen LogP contribution in [0.15, 0.2) is 10.3 Å². The minimum Gasteiger partial charge on any atom is -0.411 e. The summed E-state index contributed by atoms with van der Waals surface area (Å²) < 4.78 is 0. The number of hydrogen-bond acceptors (Lipinski definition) is 6. The Morgan fingerprint density at radius 3 is 1.79 bits per heavy atom. The van der Waals surface area contributed by atoms with Crippen LogP contribution in [0.3, 0.4) is 0 Å². The van der Waals surface area contributed by atoms with E-state index >= 15 is 0 Å². The molecule has 0 spiro atoms. The first-order chi connectivity index (χ1) is 6.59. The van der Waals surface area contributed by atoms with Gasteiger partial charge >= 0.3 is 0 Å². The van der Waals surface area contributed by atoms with Crippen LogP contribution in [-0.4, -0.2) is 34.4 Å². The molecule has 0 aromatic rings. The zero-order chi connectivity index (χ0) is 11.4. The molecule has 80 valence electrons. The van der Waals surface area contributed by atoms with Crippen LogP contribution in [0.25, 0.3) is 0 Å². The van der Waals surface area contributed by atoms with Crippen molar-refractivity contribution in [3.63, 3.8) is 0 Å². The van der Waals surface area contributed by atoms with Gasteiger partial charge < -0.3 is 10.4 Å². The molecule has 0 fully saturated rings. The van der Waals surface area contributed by atoms with E-state index in [1.807, 2.05) is 6.92 Å². The summed E-state index contributed by atoms with van der Waals surface area (Å²) in [5, 5.41) is 20.1. The lowest BCUT2D eigenvalue weighted by Gasteiger charge is -1.87. The van der Waals surface area contributed by atoms with Crippen LogP contribution >= 0.6 is 0 Å². The minimum atomic E-state index is -0.327. The second kappa shape index (κ2) is 11.3. The van der Waals surface area contributed by atoms with Gasteiger partial charge in [-0.05, 0) is 6.42 Å². The van der Waals surface area contributed by atoms with Crippen LogP contribution in [-0.2, 0) is 9.59 Å².